The molecule has 27 heavy (non-hydrogen) atoms. The Bertz CT molecular complexity index is 1090. The Balaban J connectivity index is 1.97. The van der Waals surface area contributed by atoms with Crippen molar-refractivity contribution in [3.05, 3.63) is 63.8 Å². The van der Waals surface area contributed by atoms with Gasteiger partial charge in [0.2, 0.25) is 5.88 Å². The van der Waals surface area contributed by atoms with Gasteiger partial charge < -0.3 is 10.5 Å². The zero-order valence-corrected chi connectivity index (χ0v) is 15.8. The highest BCUT2D eigenvalue weighted by atomic mass is 35.5. The molecule has 0 amide bonds. The standard InChI is InChI=1S/C21H18ClN3O2/c1-21(2)8-15(26)18-16(9-21)27-20(24)13(10-23)17(18)12-7-11-5-3-4-6-14(11)25-19(12)22/h3-7,17H,8-9,24H2,1-2H3/t17-/m0/s1. The van der Waals surface area contributed by atoms with Crippen LogP contribution in [0.3, 0.4) is 0 Å². The normalized spacial score (nSPS) is 21.7. The second-order valence-corrected chi connectivity index (χ2v) is 8.12. The summed E-state index contributed by atoms with van der Waals surface area (Å²) in [5, 5.41) is 10.8. The summed E-state index contributed by atoms with van der Waals surface area (Å²) in [7, 11) is 0. The summed E-state index contributed by atoms with van der Waals surface area (Å²) in [5.41, 5.74) is 7.83. The fraction of sp³-hybridized carbons (Fsp3) is 0.286. The number of Topliss-reactive ketones (excluding diaryl/α,β-unsaturated/α-hetero) is 1. The number of allylic oxidation sites excluding steroid dienone is 3. The number of halogens is 1. The van der Waals surface area contributed by atoms with Crippen LogP contribution < -0.4 is 5.73 Å². The number of benzene rings is 1. The maximum absolute atomic E-state index is 13.0. The maximum atomic E-state index is 13.0. The van der Waals surface area contributed by atoms with Crippen molar-refractivity contribution in [2.45, 2.75) is 32.6 Å². The molecule has 1 aliphatic heterocycles. The number of nitrogens with zero attached hydrogens (tertiary/aromatic N) is 2. The summed E-state index contributed by atoms with van der Waals surface area (Å²) < 4.78 is 5.71. The van der Waals surface area contributed by atoms with E-state index in [4.69, 9.17) is 22.1 Å². The van der Waals surface area contributed by atoms with Gasteiger partial charge in [0.1, 0.15) is 22.6 Å². The lowest BCUT2D eigenvalue weighted by molar-refractivity contribution is -0.119. The third kappa shape index (κ3) is 2.87. The molecule has 136 valence electrons. The van der Waals surface area contributed by atoms with Gasteiger partial charge in [0.15, 0.2) is 5.78 Å². The summed E-state index contributed by atoms with van der Waals surface area (Å²) in [6.45, 7) is 4.02. The van der Waals surface area contributed by atoms with E-state index in [0.29, 0.717) is 29.7 Å². The number of hydrogen-bond acceptors (Lipinski definition) is 5. The lowest BCUT2D eigenvalue weighted by Gasteiger charge is -2.37. The van der Waals surface area contributed by atoms with E-state index >= 15 is 0 Å². The average molecular weight is 380 g/mol. The number of carbonyl (C=O) groups is 1. The van der Waals surface area contributed by atoms with Crippen LogP contribution in [0.5, 0.6) is 0 Å². The minimum absolute atomic E-state index is 0.0241. The molecule has 0 unspecified atom stereocenters. The van der Waals surface area contributed by atoms with E-state index in [1.165, 1.54) is 0 Å². The Labute approximate surface area is 162 Å². The summed E-state index contributed by atoms with van der Waals surface area (Å²) in [5.74, 6) is -0.152. The van der Waals surface area contributed by atoms with E-state index in [1.54, 1.807) is 0 Å². The molecule has 1 aromatic heterocycles. The molecule has 2 aromatic rings. The van der Waals surface area contributed by atoms with Crippen molar-refractivity contribution in [2.24, 2.45) is 11.1 Å². The van der Waals surface area contributed by atoms with Gasteiger partial charge in [-0.3, -0.25) is 4.79 Å². The monoisotopic (exact) mass is 379 g/mol. The first-order valence-corrected chi connectivity index (χ1v) is 9.07. The van der Waals surface area contributed by atoms with Crippen LogP contribution in [-0.4, -0.2) is 10.8 Å². The fourth-order valence-corrected chi connectivity index (χ4v) is 4.16. The van der Waals surface area contributed by atoms with Crippen molar-refractivity contribution >= 4 is 28.3 Å². The number of fused-ring (bicyclic) bond motifs is 1. The Kier molecular flexibility index (Phi) is 3.97. The van der Waals surface area contributed by atoms with Crippen LogP contribution in [0.15, 0.2) is 53.1 Å². The second kappa shape index (κ2) is 6.11. The number of para-hydroxylation sites is 1. The fourth-order valence-electron chi connectivity index (χ4n) is 3.91. The largest absolute Gasteiger partial charge is 0.444 e. The highest BCUT2D eigenvalue weighted by molar-refractivity contribution is 6.30. The van der Waals surface area contributed by atoms with E-state index < -0.39 is 5.92 Å². The van der Waals surface area contributed by atoms with Crippen molar-refractivity contribution in [1.82, 2.24) is 4.98 Å². The first-order valence-electron chi connectivity index (χ1n) is 8.70. The molecular weight excluding hydrogens is 362 g/mol. The molecule has 0 bridgehead atoms. The molecule has 6 heteroatoms. The number of pyridine rings is 1. The Morgan fingerprint density at radius 2 is 2.07 bits per heavy atom. The number of hydrogen-bond donors (Lipinski definition) is 1. The highest BCUT2D eigenvalue weighted by Gasteiger charge is 2.43. The predicted octanol–water partition coefficient (Wildman–Crippen LogP) is 4.34. The number of carbonyl (C=O) groups excluding carboxylic acids is 1. The average Bonchev–Trinajstić information content (AvgIpc) is 2.59. The molecule has 0 saturated carbocycles. The lowest BCUT2D eigenvalue weighted by Crippen LogP contribution is -2.33. The Morgan fingerprint density at radius 1 is 1.33 bits per heavy atom. The van der Waals surface area contributed by atoms with Crippen molar-refractivity contribution < 1.29 is 9.53 Å². The molecule has 2 heterocycles. The van der Waals surface area contributed by atoms with E-state index in [0.717, 1.165) is 10.9 Å². The molecule has 2 aliphatic rings. The second-order valence-electron chi connectivity index (χ2n) is 7.76. The Morgan fingerprint density at radius 3 is 2.81 bits per heavy atom. The van der Waals surface area contributed by atoms with Crippen LogP contribution in [-0.2, 0) is 9.53 Å². The topological polar surface area (TPSA) is 89.0 Å². The molecule has 0 fully saturated rings. The van der Waals surface area contributed by atoms with Crippen LogP contribution in [0.1, 0.15) is 38.2 Å². The highest BCUT2D eigenvalue weighted by Crippen LogP contribution is 2.49. The summed E-state index contributed by atoms with van der Waals surface area (Å²) >= 11 is 6.48. The summed E-state index contributed by atoms with van der Waals surface area (Å²) in [6, 6.07) is 11.6. The van der Waals surface area contributed by atoms with Gasteiger partial charge in [-0.05, 0) is 17.5 Å². The van der Waals surface area contributed by atoms with Crippen molar-refractivity contribution in [3.63, 3.8) is 0 Å². The minimum atomic E-state index is -0.660. The first kappa shape index (κ1) is 17.6. The summed E-state index contributed by atoms with van der Waals surface area (Å²) in [4.78, 5) is 17.5. The molecule has 4 rings (SSSR count). The zero-order valence-electron chi connectivity index (χ0n) is 15.0. The lowest BCUT2D eigenvalue weighted by atomic mass is 9.70. The van der Waals surface area contributed by atoms with Gasteiger partial charge >= 0.3 is 0 Å². The van der Waals surface area contributed by atoms with E-state index in [2.05, 4.69) is 11.1 Å². The van der Waals surface area contributed by atoms with Gasteiger partial charge in [-0.15, -0.1) is 0 Å². The SMILES string of the molecule is CC1(C)CC(=O)C2=C(C1)OC(N)=C(C#N)[C@@H]2c1cc2ccccc2nc1Cl. The van der Waals surface area contributed by atoms with Gasteiger partial charge in [-0.25, -0.2) is 4.98 Å². The van der Waals surface area contributed by atoms with Crippen LogP contribution in [0, 0.1) is 16.7 Å². The van der Waals surface area contributed by atoms with Crippen molar-refractivity contribution in [1.29, 1.82) is 5.26 Å². The molecular formula is C21H18ClN3O2. The molecule has 1 aromatic carbocycles. The van der Waals surface area contributed by atoms with Gasteiger partial charge in [-0.1, -0.05) is 43.6 Å². The smallest absolute Gasteiger partial charge is 0.205 e. The number of nitriles is 1. The number of rotatable bonds is 1. The molecule has 1 atom stereocenters. The molecule has 0 spiro atoms. The molecule has 5 nitrogen and oxygen atoms in total. The quantitative estimate of drug-likeness (QED) is 0.744. The third-order valence-corrected chi connectivity index (χ3v) is 5.39. The maximum Gasteiger partial charge on any atom is 0.205 e. The number of aromatic nitrogens is 1. The van der Waals surface area contributed by atoms with Crippen molar-refractivity contribution in [2.75, 3.05) is 0 Å². The van der Waals surface area contributed by atoms with Crippen LogP contribution in [0.2, 0.25) is 5.15 Å². The van der Waals surface area contributed by atoms with E-state index in [9.17, 15) is 10.1 Å². The van der Waals surface area contributed by atoms with Gasteiger partial charge in [0, 0.05) is 29.4 Å². The molecule has 2 N–H and O–H groups in total. The third-order valence-electron chi connectivity index (χ3n) is 5.09. The molecule has 0 saturated heterocycles. The minimum Gasteiger partial charge on any atom is -0.444 e. The van der Waals surface area contributed by atoms with Crippen LogP contribution in [0.4, 0.5) is 0 Å². The molecule has 1 aliphatic carbocycles. The summed E-state index contributed by atoms with van der Waals surface area (Å²) in [6.07, 6.45) is 0.950. The molecule has 0 radical (unpaired) electrons. The van der Waals surface area contributed by atoms with E-state index in [-0.39, 0.29) is 27.8 Å². The van der Waals surface area contributed by atoms with Crippen LogP contribution >= 0.6 is 11.6 Å². The van der Waals surface area contributed by atoms with Gasteiger partial charge in [-0.2, -0.15) is 5.26 Å². The number of nitrogens with two attached hydrogens (primary N) is 1. The Hall–Kier alpha value is -2.84. The van der Waals surface area contributed by atoms with Gasteiger partial charge in [0.25, 0.3) is 0 Å². The van der Waals surface area contributed by atoms with Crippen LogP contribution in [0.25, 0.3) is 10.9 Å². The van der Waals surface area contributed by atoms with Crippen molar-refractivity contribution in [3.8, 4) is 6.07 Å². The first-order chi connectivity index (χ1) is 12.8. The zero-order chi connectivity index (χ0) is 19.3. The predicted molar refractivity (Wildman–Crippen MR) is 102 cm³/mol. The van der Waals surface area contributed by atoms with Gasteiger partial charge in [0.05, 0.1) is 11.4 Å². The number of ketones is 1. The van der Waals surface area contributed by atoms with E-state index in [1.807, 2.05) is 44.2 Å². The number of ether oxygens (including phenoxy) is 1.